The van der Waals surface area contributed by atoms with E-state index >= 15 is 0 Å². The van der Waals surface area contributed by atoms with Gasteiger partial charge in [0, 0.05) is 5.92 Å². The first kappa shape index (κ1) is 32.4. The van der Waals surface area contributed by atoms with E-state index in [1.54, 1.807) is 0 Å². The Bertz CT molecular complexity index is 1380. The van der Waals surface area contributed by atoms with Gasteiger partial charge in [-0.05, 0) is 121 Å². The average Bonchev–Trinajstić information content (AvgIpc) is 2.94. The molecule has 0 aliphatic heterocycles. The smallest absolute Gasteiger partial charge is 0.0973 e. The summed E-state index contributed by atoms with van der Waals surface area (Å²) in [5.41, 5.74) is 7.18. The van der Waals surface area contributed by atoms with Crippen molar-refractivity contribution in [3.05, 3.63) is 88.2 Å². The van der Waals surface area contributed by atoms with E-state index < -0.39 is 5.60 Å². The molecule has 0 saturated carbocycles. The molecule has 0 radical (unpaired) electrons. The van der Waals surface area contributed by atoms with Crippen molar-refractivity contribution in [1.82, 2.24) is 0 Å². The molecule has 0 heterocycles. The molecule has 2 bridgehead atoms. The molecule has 41 heavy (non-hydrogen) atoms. The minimum Gasteiger partial charge on any atom is -0.498 e. The third-order valence-corrected chi connectivity index (χ3v) is 8.97. The second-order valence-corrected chi connectivity index (χ2v) is 12.1. The van der Waals surface area contributed by atoms with Crippen LogP contribution in [0.4, 0.5) is 0 Å². The van der Waals surface area contributed by atoms with Gasteiger partial charge in [-0.2, -0.15) is 0 Å². The van der Waals surface area contributed by atoms with Crippen molar-refractivity contribution >= 4 is 41.2 Å². The highest BCUT2D eigenvalue weighted by atomic mass is 16.5. The second kappa shape index (κ2) is 14.2. The van der Waals surface area contributed by atoms with Gasteiger partial charge >= 0.3 is 0 Å². The summed E-state index contributed by atoms with van der Waals surface area (Å²) in [5, 5.41) is 14.3. The summed E-state index contributed by atoms with van der Waals surface area (Å²) in [5.74, 6) is 0.770. The fraction of sp³-hybridized carbons (Fsp3) is 0.436. The molecule has 1 aliphatic rings. The van der Waals surface area contributed by atoms with Gasteiger partial charge in [0.1, 0.15) is 0 Å². The number of hydrogen-bond donors (Lipinski definition) is 1. The van der Waals surface area contributed by atoms with Crippen LogP contribution in [-0.4, -0.2) is 16.8 Å². The zero-order valence-electron chi connectivity index (χ0n) is 26.9. The largest absolute Gasteiger partial charge is 0.498 e. The first-order valence-electron chi connectivity index (χ1n) is 15.5. The van der Waals surface area contributed by atoms with E-state index in [1.807, 2.05) is 25.3 Å². The molecule has 2 heteroatoms. The Balaban J connectivity index is 2.49. The normalized spacial score (nSPS) is 23.9. The van der Waals surface area contributed by atoms with E-state index in [4.69, 9.17) is 4.74 Å². The van der Waals surface area contributed by atoms with Crippen molar-refractivity contribution in [3.8, 4) is 0 Å². The first-order chi connectivity index (χ1) is 19.5. The quantitative estimate of drug-likeness (QED) is 0.248. The Morgan fingerprint density at radius 2 is 1.76 bits per heavy atom. The van der Waals surface area contributed by atoms with Crippen LogP contribution < -0.4 is 0 Å². The van der Waals surface area contributed by atoms with Gasteiger partial charge in [-0.15, -0.1) is 0 Å². The van der Waals surface area contributed by atoms with E-state index in [1.165, 1.54) is 38.6 Å². The molecular weight excluding hydrogens is 500 g/mol. The Kier molecular flexibility index (Phi) is 11.2. The molecule has 3 rings (SSSR count). The zero-order chi connectivity index (χ0) is 30.3. The summed E-state index contributed by atoms with van der Waals surface area (Å²) >= 11 is 0. The third kappa shape index (κ3) is 7.04. The number of aliphatic hydroxyl groups is 1. The number of hydrogen-bond acceptors (Lipinski definition) is 2. The molecule has 0 fully saturated rings. The highest BCUT2D eigenvalue weighted by Gasteiger charge is 2.33. The monoisotopic (exact) mass is 552 g/mol. The molecule has 1 aliphatic carbocycles. The van der Waals surface area contributed by atoms with Crippen molar-refractivity contribution < 1.29 is 9.84 Å². The molecule has 0 spiro atoms. The number of ether oxygens (including phenoxy) is 1. The molecule has 0 aromatic heterocycles. The maximum Gasteiger partial charge on any atom is 0.0973 e. The Hall–Kier alpha value is -3.10. The predicted molar refractivity (Wildman–Crippen MR) is 183 cm³/mol. The number of rotatable bonds is 9. The van der Waals surface area contributed by atoms with Gasteiger partial charge in [-0.1, -0.05) is 95.4 Å². The number of allylic oxidation sites excluding steroid dienone is 3. The summed E-state index contributed by atoms with van der Waals surface area (Å²) in [6.45, 7) is 23.5. The first-order valence-corrected chi connectivity index (χ1v) is 15.5. The van der Waals surface area contributed by atoms with Crippen LogP contribution in [0.15, 0.2) is 49.3 Å². The number of benzene rings is 2. The van der Waals surface area contributed by atoms with Gasteiger partial charge in [0.25, 0.3) is 0 Å². The fourth-order valence-electron chi connectivity index (χ4n) is 5.95. The standard InChI is InChI=1S/C39H52O2/c1-11-15-20-36-30(13-3)18-16-19-32-25-31(14-4)35(21-23-39(36,10)40)38-33(17-12-2)27(7)28(8)34(37(32)38)22-24-41-29(9)26(5)6/h12,14-17,19-26,29-30,36,40H,4,11,13,18H2,1-3,5-10H3/b17-12-,19-16-,20-15?,23-21-,24-22-. The lowest BCUT2D eigenvalue weighted by Crippen LogP contribution is -2.36. The van der Waals surface area contributed by atoms with E-state index in [-0.39, 0.29) is 12.0 Å². The van der Waals surface area contributed by atoms with Crippen LogP contribution in [0, 0.1) is 31.6 Å². The van der Waals surface area contributed by atoms with Crippen LogP contribution >= 0.6 is 0 Å². The molecule has 4 atom stereocenters. The Morgan fingerprint density at radius 3 is 2.34 bits per heavy atom. The highest BCUT2D eigenvalue weighted by molar-refractivity contribution is 6.09. The van der Waals surface area contributed by atoms with E-state index in [0.717, 1.165) is 30.4 Å². The molecule has 0 saturated heterocycles. The van der Waals surface area contributed by atoms with Crippen molar-refractivity contribution in [2.24, 2.45) is 17.8 Å². The molecule has 2 nitrogen and oxygen atoms in total. The van der Waals surface area contributed by atoms with E-state index in [0.29, 0.717) is 11.8 Å². The third-order valence-electron chi connectivity index (χ3n) is 8.97. The minimum atomic E-state index is -1.01. The predicted octanol–water partition coefficient (Wildman–Crippen LogP) is 11.0. The minimum absolute atomic E-state index is 0.0147. The van der Waals surface area contributed by atoms with Crippen LogP contribution in [0.25, 0.3) is 41.2 Å². The van der Waals surface area contributed by atoms with Crippen LogP contribution in [0.2, 0.25) is 0 Å². The van der Waals surface area contributed by atoms with Gasteiger partial charge in [0.2, 0.25) is 0 Å². The van der Waals surface area contributed by atoms with Crippen molar-refractivity contribution in [2.75, 3.05) is 0 Å². The Morgan fingerprint density at radius 1 is 1.07 bits per heavy atom. The summed E-state index contributed by atoms with van der Waals surface area (Å²) in [7, 11) is 0. The van der Waals surface area contributed by atoms with Gasteiger partial charge in [-0.3, -0.25) is 0 Å². The van der Waals surface area contributed by atoms with Gasteiger partial charge < -0.3 is 9.84 Å². The van der Waals surface area contributed by atoms with Gasteiger partial charge in [0.05, 0.1) is 18.0 Å². The van der Waals surface area contributed by atoms with Crippen LogP contribution in [-0.2, 0) is 4.74 Å². The fourth-order valence-corrected chi connectivity index (χ4v) is 5.95. The van der Waals surface area contributed by atoms with Crippen molar-refractivity contribution in [1.29, 1.82) is 0 Å². The lowest BCUT2D eigenvalue weighted by Gasteiger charge is -2.34. The lowest BCUT2D eigenvalue weighted by atomic mass is 9.74. The molecular formula is C39H52O2. The molecule has 220 valence electrons. The summed E-state index contributed by atoms with van der Waals surface area (Å²) in [6, 6.07) is 2.25. The maximum atomic E-state index is 12.0. The molecule has 2 aromatic carbocycles. The highest BCUT2D eigenvalue weighted by Crippen LogP contribution is 2.41. The maximum absolute atomic E-state index is 12.0. The molecule has 1 N–H and O–H groups in total. The van der Waals surface area contributed by atoms with E-state index in [9.17, 15) is 5.11 Å². The van der Waals surface area contributed by atoms with Gasteiger partial charge in [-0.25, -0.2) is 0 Å². The van der Waals surface area contributed by atoms with Crippen LogP contribution in [0.5, 0.6) is 0 Å². The van der Waals surface area contributed by atoms with E-state index in [2.05, 4.69) is 117 Å². The summed E-state index contributed by atoms with van der Waals surface area (Å²) < 4.78 is 6.12. The molecule has 4 unspecified atom stereocenters. The summed E-state index contributed by atoms with van der Waals surface area (Å²) in [6.07, 6.45) is 26.4. The van der Waals surface area contributed by atoms with Crippen molar-refractivity contribution in [2.45, 2.75) is 93.3 Å². The van der Waals surface area contributed by atoms with Crippen molar-refractivity contribution in [3.63, 3.8) is 0 Å². The Labute approximate surface area is 249 Å². The molecule has 0 amide bonds. The van der Waals surface area contributed by atoms with Gasteiger partial charge in [0.15, 0.2) is 0 Å². The SMILES string of the molecule is C=Cc1cc2c3c(/C=C\OC(C)C(C)C)c(C)c(C)c(/C=C\C)c3c1/C=C\C(C)(O)C(C=CCC)C(CC)C/C=C\2. The topological polar surface area (TPSA) is 29.5 Å². The zero-order valence-corrected chi connectivity index (χ0v) is 26.9. The summed E-state index contributed by atoms with van der Waals surface area (Å²) in [4.78, 5) is 0. The average molecular weight is 553 g/mol. The lowest BCUT2D eigenvalue weighted by molar-refractivity contribution is 0.0400. The molecule has 2 aromatic rings. The van der Waals surface area contributed by atoms with Crippen LogP contribution in [0.3, 0.4) is 0 Å². The van der Waals surface area contributed by atoms with Crippen LogP contribution in [0.1, 0.15) is 107 Å². The second-order valence-electron chi connectivity index (χ2n) is 12.1.